The smallest absolute Gasteiger partial charge is 0.142 e. The first-order valence-electron chi connectivity index (χ1n) is 3.91. The number of hydrogen-bond donors (Lipinski definition) is 0. The molecule has 0 radical (unpaired) electrons. The minimum Gasteiger partial charge on any atom is -0.299 e. The summed E-state index contributed by atoms with van der Waals surface area (Å²) in [5, 5.41) is 0. The van der Waals surface area contributed by atoms with Gasteiger partial charge in [-0.25, -0.2) is 0 Å². The predicted molar refractivity (Wildman–Crippen MR) is 59.6 cm³/mol. The van der Waals surface area contributed by atoms with Crippen LogP contribution in [0.4, 0.5) is 0 Å². The van der Waals surface area contributed by atoms with Gasteiger partial charge in [-0.15, -0.1) is 0 Å². The van der Waals surface area contributed by atoms with Gasteiger partial charge in [0.25, 0.3) is 0 Å². The van der Waals surface area contributed by atoms with Gasteiger partial charge in [-0.1, -0.05) is 17.2 Å². The summed E-state index contributed by atoms with van der Waals surface area (Å²) in [7, 11) is 0. The third-order valence-corrected chi connectivity index (χ3v) is 1.44. The van der Waals surface area contributed by atoms with E-state index in [0.29, 0.717) is 0 Å². The van der Waals surface area contributed by atoms with Gasteiger partial charge in [-0.3, -0.25) is 4.79 Å². The first kappa shape index (κ1) is 14.1. The van der Waals surface area contributed by atoms with E-state index in [2.05, 4.69) is 19.9 Å². The number of hydrogen-bond acceptors (Lipinski definition) is 1. The fourth-order valence-electron chi connectivity index (χ4n) is 0.788. The molecule has 0 aliphatic heterocycles. The normalized spacial score (nSPS) is 10.1. The molecule has 0 aliphatic rings. The maximum absolute atomic E-state index is 10.0. The lowest BCUT2D eigenvalue weighted by molar-refractivity contribution is -0.104. The average molecular weight is 186 g/mol. The monoisotopic (exact) mass is 186 g/mol. The second kappa shape index (κ2) is 8.67. The fourth-order valence-corrected chi connectivity index (χ4v) is 0.788. The molecule has 1 atom stereocenters. The zero-order chi connectivity index (χ0) is 8.69. The maximum atomic E-state index is 10.0. The number of carbonyl (C=O) groups is 1. The van der Waals surface area contributed by atoms with Crippen molar-refractivity contribution in [3.8, 4) is 0 Å². The number of rotatable bonds is 4. The summed E-state index contributed by atoms with van der Waals surface area (Å²) in [6, 6.07) is 0. The second-order valence-corrected chi connectivity index (χ2v) is 2.97. The van der Waals surface area contributed by atoms with E-state index in [-0.39, 0.29) is 9.90 Å². The third-order valence-electron chi connectivity index (χ3n) is 1.44. The van der Waals surface area contributed by atoms with Crippen LogP contribution < -0.4 is 0 Å². The molecule has 70 valence electrons. The Bertz CT molecular complexity index is 176. The quantitative estimate of drug-likeness (QED) is 0.285. The van der Waals surface area contributed by atoms with Crippen molar-refractivity contribution in [3.05, 3.63) is 23.3 Å². The van der Waals surface area contributed by atoms with Crippen LogP contribution in [0.1, 0.15) is 33.6 Å². The number of aldehydes is 1. The van der Waals surface area contributed by atoms with Gasteiger partial charge in [-0.05, 0) is 39.7 Å². The van der Waals surface area contributed by atoms with E-state index in [9.17, 15) is 4.79 Å². The molecule has 0 aromatic carbocycles. The van der Waals surface area contributed by atoms with Crippen LogP contribution in [0.15, 0.2) is 23.3 Å². The van der Waals surface area contributed by atoms with E-state index in [4.69, 9.17) is 0 Å². The largest absolute Gasteiger partial charge is 0.299 e. The standard InChI is InChI=1S/C10H16O.H3P/c1-9(2)5-4-6-10(3)7-8-11;/h5,7-8H,4,6H2,1-3H3;1H3. The van der Waals surface area contributed by atoms with Crippen LogP contribution in [0.25, 0.3) is 0 Å². The topological polar surface area (TPSA) is 17.1 Å². The predicted octanol–water partition coefficient (Wildman–Crippen LogP) is 2.94. The lowest BCUT2D eigenvalue weighted by atomic mass is 10.1. The Morgan fingerprint density at radius 1 is 1.25 bits per heavy atom. The Kier molecular flexibility index (Phi) is 10.2. The molecular formula is C10H19OP. The third kappa shape index (κ3) is 9.58. The van der Waals surface area contributed by atoms with Crippen LogP contribution in [-0.4, -0.2) is 6.29 Å². The number of carbonyl (C=O) groups excluding carboxylic acids is 1. The minimum absolute atomic E-state index is 0. The van der Waals surface area contributed by atoms with Gasteiger partial charge < -0.3 is 0 Å². The summed E-state index contributed by atoms with van der Waals surface area (Å²) in [6.07, 6.45) is 6.68. The van der Waals surface area contributed by atoms with Crippen molar-refractivity contribution < 1.29 is 4.79 Å². The van der Waals surface area contributed by atoms with Crippen molar-refractivity contribution in [2.24, 2.45) is 0 Å². The van der Waals surface area contributed by atoms with E-state index < -0.39 is 0 Å². The van der Waals surface area contributed by atoms with E-state index in [1.165, 1.54) is 5.57 Å². The molecule has 0 aliphatic carbocycles. The van der Waals surface area contributed by atoms with Crippen LogP contribution in [0.2, 0.25) is 0 Å². The van der Waals surface area contributed by atoms with Gasteiger partial charge in [0.05, 0.1) is 0 Å². The summed E-state index contributed by atoms with van der Waals surface area (Å²) in [5.74, 6) is 0. The Labute approximate surface area is 78.6 Å². The zero-order valence-electron chi connectivity index (χ0n) is 8.26. The molecular weight excluding hydrogens is 167 g/mol. The van der Waals surface area contributed by atoms with E-state index in [1.807, 2.05) is 6.92 Å². The fraction of sp³-hybridized carbons (Fsp3) is 0.500. The SMILES string of the molecule is CC(C)=CCCC(C)=CC=O.P. The molecule has 0 aromatic rings. The maximum Gasteiger partial charge on any atom is 0.142 e. The van der Waals surface area contributed by atoms with E-state index in [0.717, 1.165) is 24.7 Å². The van der Waals surface area contributed by atoms with Gasteiger partial charge >= 0.3 is 0 Å². The highest BCUT2D eigenvalue weighted by molar-refractivity contribution is 6.92. The Hall–Kier alpha value is -0.420. The molecule has 0 N–H and O–H groups in total. The minimum atomic E-state index is 0. The van der Waals surface area contributed by atoms with Crippen LogP contribution in [-0.2, 0) is 4.79 Å². The van der Waals surface area contributed by atoms with Crippen molar-refractivity contribution in [2.45, 2.75) is 33.6 Å². The average Bonchev–Trinajstić information content (AvgIpc) is 1.87. The van der Waals surface area contributed by atoms with Gasteiger partial charge in [-0.2, -0.15) is 9.90 Å². The van der Waals surface area contributed by atoms with Crippen molar-refractivity contribution >= 4 is 16.2 Å². The summed E-state index contributed by atoms with van der Waals surface area (Å²) in [6.45, 7) is 6.14. The highest BCUT2D eigenvalue weighted by atomic mass is 31.0. The highest BCUT2D eigenvalue weighted by Gasteiger charge is 1.86. The molecule has 0 fully saturated rings. The Morgan fingerprint density at radius 2 is 1.83 bits per heavy atom. The molecule has 12 heavy (non-hydrogen) atoms. The first-order chi connectivity index (χ1) is 5.16. The van der Waals surface area contributed by atoms with Crippen LogP contribution in [0.3, 0.4) is 0 Å². The summed E-state index contributed by atoms with van der Waals surface area (Å²) in [5.41, 5.74) is 2.49. The summed E-state index contributed by atoms with van der Waals surface area (Å²) in [4.78, 5) is 10.0. The van der Waals surface area contributed by atoms with Gasteiger partial charge in [0.2, 0.25) is 0 Å². The van der Waals surface area contributed by atoms with Crippen molar-refractivity contribution in [1.29, 1.82) is 0 Å². The molecule has 0 rings (SSSR count). The second-order valence-electron chi connectivity index (χ2n) is 2.97. The first-order valence-corrected chi connectivity index (χ1v) is 3.91. The van der Waals surface area contributed by atoms with E-state index >= 15 is 0 Å². The molecule has 0 amide bonds. The van der Waals surface area contributed by atoms with Crippen molar-refractivity contribution in [3.63, 3.8) is 0 Å². The highest BCUT2D eigenvalue weighted by Crippen LogP contribution is 2.05. The Balaban J connectivity index is 0. The Morgan fingerprint density at radius 3 is 2.25 bits per heavy atom. The molecule has 0 spiro atoms. The van der Waals surface area contributed by atoms with Crippen LogP contribution in [0, 0.1) is 0 Å². The molecule has 0 saturated carbocycles. The van der Waals surface area contributed by atoms with Crippen molar-refractivity contribution in [1.82, 2.24) is 0 Å². The van der Waals surface area contributed by atoms with Gasteiger partial charge in [0.1, 0.15) is 6.29 Å². The molecule has 0 heterocycles. The number of allylic oxidation sites excluding steroid dienone is 4. The lowest BCUT2D eigenvalue weighted by Gasteiger charge is -1.94. The molecule has 0 bridgehead atoms. The van der Waals surface area contributed by atoms with Crippen LogP contribution >= 0.6 is 9.90 Å². The molecule has 1 unspecified atom stereocenters. The van der Waals surface area contributed by atoms with Gasteiger partial charge in [0.15, 0.2) is 0 Å². The van der Waals surface area contributed by atoms with Crippen LogP contribution in [0.5, 0.6) is 0 Å². The lowest BCUT2D eigenvalue weighted by Crippen LogP contribution is -1.77. The van der Waals surface area contributed by atoms with Gasteiger partial charge in [0, 0.05) is 0 Å². The molecule has 0 aromatic heterocycles. The molecule has 1 nitrogen and oxygen atoms in total. The molecule has 0 saturated heterocycles. The molecule has 2 heteroatoms. The van der Waals surface area contributed by atoms with E-state index in [1.54, 1.807) is 6.08 Å². The van der Waals surface area contributed by atoms with Crippen molar-refractivity contribution in [2.75, 3.05) is 0 Å². The zero-order valence-corrected chi connectivity index (χ0v) is 9.68. The summed E-state index contributed by atoms with van der Waals surface area (Å²) >= 11 is 0. The summed E-state index contributed by atoms with van der Waals surface area (Å²) < 4.78 is 0.